The Morgan fingerprint density at radius 3 is 2.44 bits per heavy atom. The van der Waals surface area contributed by atoms with E-state index >= 15 is 0 Å². The summed E-state index contributed by atoms with van der Waals surface area (Å²) in [6.07, 6.45) is 1.74. The molecule has 2 N–H and O–H groups in total. The average Bonchev–Trinajstić information content (AvgIpc) is 2.35. The van der Waals surface area contributed by atoms with Crippen LogP contribution in [0, 0.1) is 13.8 Å². The Morgan fingerprint density at radius 1 is 1.00 bits per heavy atom. The van der Waals surface area contributed by atoms with Gasteiger partial charge in [-0.2, -0.15) is 0 Å². The molecule has 2 rings (SSSR count). The van der Waals surface area contributed by atoms with Crippen molar-refractivity contribution in [2.45, 2.75) is 13.8 Å². The monoisotopic (exact) mass is 257 g/mol. The van der Waals surface area contributed by atoms with Crippen molar-refractivity contribution in [1.82, 2.24) is 4.98 Å². The minimum Gasteiger partial charge on any atom is -0.332 e. The Morgan fingerprint density at radius 2 is 1.72 bits per heavy atom. The van der Waals surface area contributed by atoms with Gasteiger partial charge in [-0.15, -0.1) is 0 Å². The molecule has 0 fully saturated rings. The van der Waals surface area contributed by atoms with Gasteiger partial charge in [-0.3, -0.25) is 0 Å². The van der Waals surface area contributed by atoms with Crippen LogP contribution in [0.1, 0.15) is 11.1 Å². The lowest BCUT2D eigenvalue weighted by Gasteiger charge is -2.12. The van der Waals surface area contributed by atoms with E-state index in [1.165, 1.54) is 0 Å². The third kappa shape index (κ3) is 3.05. The van der Waals surface area contributed by atoms with Gasteiger partial charge in [0.2, 0.25) is 0 Å². The first-order valence-electron chi connectivity index (χ1n) is 5.72. The number of para-hydroxylation sites is 1. The maximum Gasteiger partial charge on any atom is 0.176 e. The summed E-state index contributed by atoms with van der Waals surface area (Å²) in [6, 6.07) is 11.9. The summed E-state index contributed by atoms with van der Waals surface area (Å²) < 4.78 is 0. The van der Waals surface area contributed by atoms with E-state index in [-0.39, 0.29) is 0 Å². The molecule has 0 amide bonds. The number of nitrogens with one attached hydrogen (secondary N) is 2. The normalized spacial score (nSPS) is 9.89. The molecule has 0 unspecified atom stereocenters. The van der Waals surface area contributed by atoms with Crippen molar-refractivity contribution < 1.29 is 0 Å². The SMILES string of the molecule is Cc1ccccc1NC(=S)Nc1ncccc1C. The maximum absolute atomic E-state index is 5.28. The van der Waals surface area contributed by atoms with Crippen LogP contribution in [0.2, 0.25) is 0 Å². The molecule has 0 atom stereocenters. The second-order valence-corrected chi connectivity index (χ2v) is 4.47. The molecule has 18 heavy (non-hydrogen) atoms. The van der Waals surface area contributed by atoms with E-state index in [1.807, 2.05) is 50.2 Å². The van der Waals surface area contributed by atoms with E-state index in [0.717, 1.165) is 22.6 Å². The highest BCUT2D eigenvalue weighted by Gasteiger charge is 2.03. The van der Waals surface area contributed by atoms with E-state index in [0.29, 0.717) is 5.11 Å². The Balaban J connectivity index is 2.06. The largest absolute Gasteiger partial charge is 0.332 e. The van der Waals surface area contributed by atoms with Gasteiger partial charge >= 0.3 is 0 Å². The van der Waals surface area contributed by atoms with E-state index in [4.69, 9.17) is 12.2 Å². The lowest BCUT2D eigenvalue weighted by molar-refractivity contribution is 1.27. The summed E-state index contributed by atoms with van der Waals surface area (Å²) in [7, 11) is 0. The third-order valence-electron chi connectivity index (χ3n) is 2.63. The fraction of sp³-hybridized carbons (Fsp3) is 0.143. The van der Waals surface area contributed by atoms with Crippen molar-refractivity contribution in [3.8, 4) is 0 Å². The van der Waals surface area contributed by atoms with Crippen LogP contribution in [0.5, 0.6) is 0 Å². The Labute approximate surface area is 112 Å². The van der Waals surface area contributed by atoms with Gasteiger partial charge in [-0.1, -0.05) is 24.3 Å². The van der Waals surface area contributed by atoms with E-state index in [9.17, 15) is 0 Å². The minimum absolute atomic E-state index is 0.547. The van der Waals surface area contributed by atoms with E-state index in [1.54, 1.807) is 6.20 Å². The number of rotatable bonds is 2. The Bertz CT molecular complexity index is 517. The first-order valence-corrected chi connectivity index (χ1v) is 6.13. The smallest absolute Gasteiger partial charge is 0.176 e. The molecule has 0 radical (unpaired) electrons. The molecule has 92 valence electrons. The second-order valence-electron chi connectivity index (χ2n) is 4.06. The number of aromatic nitrogens is 1. The number of hydrogen-bond acceptors (Lipinski definition) is 2. The van der Waals surface area contributed by atoms with Crippen LogP contribution in [0.3, 0.4) is 0 Å². The molecule has 0 aliphatic heterocycles. The average molecular weight is 257 g/mol. The first kappa shape index (κ1) is 12.5. The molecule has 1 aromatic carbocycles. The molecule has 0 aliphatic rings. The predicted octanol–water partition coefficient (Wildman–Crippen LogP) is 3.51. The number of aryl methyl sites for hydroxylation is 2. The van der Waals surface area contributed by atoms with Crippen LogP contribution in [-0.4, -0.2) is 10.1 Å². The molecule has 2 aromatic rings. The summed E-state index contributed by atoms with van der Waals surface area (Å²) in [5.74, 6) is 0.781. The van der Waals surface area contributed by atoms with Crippen LogP contribution in [-0.2, 0) is 0 Å². The highest BCUT2D eigenvalue weighted by atomic mass is 32.1. The van der Waals surface area contributed by atoms with Gasteiger partial charge in [0, 0.05) is 11.9 Å². The zero-order valence-corrected chi connectivity index (χ0v) is 11.2. The first-order chi connectivity index (χ1) is 8.66. The molecular weight excluding hydrogens is 242 g/mol. The quantitative estimate of drug-likeness (QED) is 0.807. The number of hydrogen-bond donors (Lipinski definition) is 2. The lowest BCUT2D eigenvalue weighted by Crippen LogP contribution is -2.20. The van der Waals surface area contributed by atoms with Gasteiger partial charge in [0.15, 0.2) is 5.11 Å². The summed E-state index contributed by atoms with van der Waals surface area (Å²) in [5.41, 5.74) is 3.22. The van der Waals surface area contributed by atoms with E-state index < -0.39 is 0 Å². The molecule has 0 spiro atoms. The topological polar surface area (TPSA) is 37.0 Å². The molecule has 4 heteroatoms. The van der Waals surface area contributed by atoms with Crippen LogP contribution in [0.4, 0.5) is 11.5 Å². The number of anilines is 2. The van der Waals surface area contributed by atoms with E-state index in [2.05, 4.69) is 15.6 Å². The van der Waals surface area contributed by atoms with Crippen molar-refractivity contribution in [1.29, 1.82) is 0 Å². The highest BCUT2D eigenvalue weighted by Crippen LogP contribution is 2.14. The van der Waals surface area contributed by atoms with Gasteiger partial charge in [0.1, 0.15) is 5.82 Å². The summed E-state index contributed by atoms with van der Waals surface area (Å²) in [4.78, 5) is 4.24. The molecule has 0 saturated carbocycles. The van der Waals surface area contributed by atoms with Crippen LogP contribution < -0.4 is 10.6 Å². The highest BCUT2D eigenvalue weighted by molar-refractivity contribution is 7.80. The minimum atomic E-state index is 0.547. The van der Waals surface area contributed by atoms with Crippen molar-refractivity contribution in [3.63, 3.8) is 0 Å². The number of nitrogens with zero attached hydrogens (tertiary/aromatic N) is 1. The molecule has 0 aliphatic carbocycles. The number of pyridine rings is 1. The maximum atomic E-state index is 5.28. The van der Waals surface area contributed by atoms with Crippen molar-refractivity contribution in [2.24, 2.45) is 0 Å². The zero-order chi connectivity index (χ0) is 13.0. The Kier molecular flexibility index (Phi) is 3.89. The van der Waals surface area contributed by atoms with Gasteiger partial charge in [-0.25, -0.2) is 4.98 Å². The van der Waals surface area contributed by atoms with Crippen molar-refractivity contribution in [2.75, 3.05) is 10.6 Å². The van der Waals surface area contributed by atoms with Crippen LogP contribution in [0.25, 0.3) is 0 Å². The summed E-state index contributed by atoms with van der Waals surface area (Å²) in [5, 5.41) is 6.81. The van der Waals surface area contributed by atoms with Crippen LogP contribution in [0.15, 0.2) is 42.6 Å². The molecule has 1 aromatic heterocycles. The lowest BCUT2D eigenvalue weighted by atomic mass is 10.2. The van der Waals surface area contributed by atoms with Crippen molar-refractivity contribution >= 4 is 28.8 Å². The fourth-order valence-corrected chi connectivity index (χ4v) is 1.80. The van der Waals surface area contributed by atoms with Gasteiger partial charge in [0.25, 0.3) is 0 Å². The van der Waals surface area contributed by atoms with Gasteiger partial charge in [0.05, 0.1) is 0 Å². The number of benzene rings is 1. The fourth-order valence-electron chi connectivity index (χ4n) is 1.59. The standard InChI is InChI=1S/C14H15N3S/c1-10-6-3-4-8-12(10)16-14(18)17-13-11(2)7-5-9-15-13/h3-9H,1-2H3,(H2,15,16,17,18). The molecule has 0 saturated heterocycles. The van der Waals surface area contributed by atoms with Gasteiger partial charge in [-0.05, 0) is 49.3 Å². The predicted molar refractivity (Wildman–Crippen MR) is 80.0 cm³/mol. The van der Waals surface area contributed by atoms with Crippen molar-refractivity contribution in [3.05, 3.63) is 53.7 Å². The summed E-state index contributed by atoms with van der Waals surface area (Å²) >= 11 is 5.28. The Hall–Kier alpha value is -1.94. The molecule has 1 heterocycles. The molecule has 0 bridgehead atoms. The zero-order valence-electron chi connectivity index (χ0n) is 10.4. The molecule has 3 nitrogen and oxygen atoms in total. The van der Waals surface area contributed by atoms with Gasteiger partial charge < -0.3 is 10.6 Å². The van der Waals surface area contributed by atoms with Crippen LogP contribution >= 0.6 is 12.2 Å². The second kappa shape index (κ2) is 5.60. The molecular formula is C14H15N3S. The third-order valence-corrected chi connectivity index (χ3v) is 2.84. The number of thiocarbonyl (C=S) groups is 1. The summed E-state index contributed by atoms with van der Waals surface area (Å²) in [6.45, 7) is 4.03.